The summed E-state index contributed by atoms with van der Waals surface area (Å²) in [6.07, 6.45) is 5.80. The Bertz CT molecular complexity index is 1450. The molecule has 5 rings (SSSR count). The maximum Gasteiger partial charge on any atom is 0.276 e. The zero-order chi connectivity index (χ0) is 22.1. The quantitative estimate of drug-likeness (QED) is 0.449. The van der Waals surface area contributed by atoms with Gasteiger partial charge >= 0.3 is 0 Å². The lowest BCUT2D eigenvalue weighted by Gasteiger charge is -2.14. The van der Waals surface area contributed by atoms with E-state index in [0.29, 0.717) is 29.7 Å². The second-order valence-electron chi connectivity index (χ2n) is 7.86. The molecule has 1 atom stereocenters. The third-order valence-electron chi connectivity index (χ3n) is 5.52. The van der Waals surface area contributed by atoms with E-state index in [0.717, 1.165) is 16.8 Å². The summed E-state index contributed by atoms with van der Waals surface area (Å²) in [5.74, 6) is 0.689. The Hall–Kier alpha value is -4.13. The summed E-state index contributed by atoms with van der Waals surface area (Å²) in [4.78, 5) is 30.1. The van der Waals surface area contributed by atoms with Gasteiger partial charge in [0.25, 0.3) is 11.5 Å². The summed E-state index contributed by atoms with van der Waals surface area (Å²) in [7, 11) is 0. The molecule has 0 aliphatic heterocycles. The Kier molecular flexibility index (Phi) is 5.07. The average Bonchev–Trinajstić information content (AvgIpc) is 3.49. The molecule has 0 unspecified atom stereocenters. The number of nitrogens with zero attached hydrogens (tertiary/aromatic N) is 3. The summed E-state index contributed by atoms with van der Waals surface area (Å²) in [5.41, 5.74) is 3.47. The first-order valence-electron chi connectivity index (χ1n) is 10.5. The molecule has 5 aromatic rings. The number of hydrogen-bond acceptors (Lipinski definition) is 4. The van der Waals surface area contributed by atoms with Crippen LogP contribution < -0.4 is 10.9 Å². The second-order valence-corrected chi connectivity index (χ2v) is 7.86. The Morgan fingerprint density at radius 2 is 1.88 bits per heavy atom. The van der Waals surface area contributed by atoms with E-state index in [4.69, 9.17) is 4.42 Å². The summed E-state index contributed by atoms with van der Waals surface area (Å²) < 4.78 is 8.87. The highest BCUT2D eigenvalue weighted by molar-refractivity contribution is 5.94. The Labute approximate surface area is 183 Å². The number of carbonyl (C=O) groups excluding carboxylic acids is 1. The van der Waals surface area contributed by atoms with Gasteiger partial charge in [0.15, 0.2) is 5.65 Å². The molecule has 4 heterocycles. The molecule has 0 saturated carbocycles. The van der Waals surface area contributed by atoms with Crippen molar-refractivity contribution in [3.8, 4) is 0 Å². The third-order valence-corrected chi connectivity index (χ3v) is 5.52. The number of nitrogens with one attached hydrogen (secondary N) is 1. The number of pyridine rings is 1. The van der Waals surface area contributed by atoms with Crippen LogP contribution in [0.15, 0.2) is 88.5 Å². The van der Waals surface area contributed by atoms with Crippen LogP contribution in [0.4, 0.5) is 0 Å². The summed E-state index contributed by atoms with van der Waals surface area (Å²) >= 11 is 0. The van der Waals surface area contributed by atoms with E-state index in [1.54, 1.807) is 29.2 Å². The van der Waals surface area contributed by atoms with E-state index in [2.05, 4.69) is 10.3 Å². The zero-order valence-corrected chi connectivity index (χ0v) is 17.6. The molecule has 0 spiro atoms. The molecule has 1 N–H and O–H groups in total. The van der Waals surface area contributed by atoms with Crippen molar-refractivity contribution in [2.75, 3.05) is 0 Å². The highest BCUT2D eigenvalue weighted by Crippen LogP contribution is 2.15. The molecule has 1 aromatic carbocycles. The maximum absolute atomic E-state index is 13.1. The fraction of sp³-hybridized carbons (Fsp3) is 0.160. The number of benzene rings is 1. The van der Waals surface area contributed by atoms with Gasteiger partial charge in [-0.25, -0.2) is 4.98 Å². The molecule has 160 valence electrons. The lowest BCUT2D eigenvalue weighted by molar-refractivity contribution is 0.0939. The molecule has 7 heteroatoms. The lowest BCUT2D eigenvalue weighted by Crippen LogP contribution is -2.34. The van der Waals surface area contributed by atoms with Crippen molar-refractivity contribution in [2.24, 2.45) is 0 Å². The van der Waals surface area contributed by atoms with Gasteiger partial charge in [-0.1, -0.05) is 12.1 Å². The van der Waals surface area contributed by atoms with Gasteiger partial charge in [-0.05, 0) is 61.0 Å². The van der Waals surface area contributed by atoms with Crippen LogP contribution in [-0.4, -0.2) is 25.9 Å². The van der Waals surface area contributed by atoms with Crippen LogP contribution in [0.2, 0.25) is 0 Å². The number of fused-ring (bicyclic) bond motifs is 3. The van der Waals surface area contributed by atoms with Crippen molar-refractivity contribution in [1.29, 1.82) is 0 Å². The molecule has 1 amide bonds. The molecule has 32 heavy (non-hydrogen) atoms. The number of rotatable bonds is 6. The molecular weight excluding hydrogens is 404 g/mol. The van der Waals surface area contributed by atoms with E-state index < -0.39 is 0 Å². The minimum atomic E-state index is -0.144. The van der Waals surface area contributed by atoms with Crippen molar-refractivity contribution >= 4 is 22.6 Å². The van der Waals surface area contributed by atoms with Crippen LogP contribution in [0.3, 0.4) is 0 Å². The third kappa shape index (κ3) is 3.69. The van der Waals surface area contributed by atoms with Crippen LogP contribution in [0.1, 0.15) is 28.6 Å². The minimum Gasteiger partial charge on any atom is -0.469 e. The van der Waals surface area contributed by atoms with Crippen LogP contribution in [0, 0.1) is 0 Å². The van der Waals surface area contributed by atoms with Crippen molar-refractivity contribution in [3.05, 3.63) is 107 Å². The van der Waals surface area contributed by atoms with E-state index in [9.17, 15) is 9.59 Å². The first-order chi connectivity index (χ1) is 15.6. The van der Waals surface area contributed by atoms with Gasteiger partial charge in [-0.2, -0.15) is 0 Å². The first-order valence-corrected chi connectivity index (χ1v) is 10.5. The normalized spacial score (nSPS) is 12.3. The van der Waals surface area contributed by atoms with Crippen molar-refractivity contribution in [1.82, 2.24) is 19.3 Å². The Morgan fingerprint density at radius 3 is 2.66 bits per heavy atom. The van der Waals surface area contributed by atoms with Gasteiger partial charge in [0.05, 0.1) is 18.3 Å². The molecule has 0 saturated heterocycles. The smallest absolute Gasteiger partial charge is 0.276 e. The topological polar surface area (TPSA) is 81.5 Å². The molecular formula is C25H22N4O3. The molecule has 0 fully saturated rings. The lowest BCUT2D eigenvalue weighted by atomic mass is 10.1. The van der Waals surface area contributed by atoms with Gasteiger partial charge in [-0.15, -0.1) is 0 Å². The minimum absolute atomic E-state index is 0.0573. The number of furan rings is 1. The maximum atomic E-state index is 13.1. The van der Waals surface area contributed by atoms with Crippen molar-refractivity contribution in [3.63, 3.8) is 0 Å². The molecule has 7 nitrogen and oxygen atoms in total. The standard InChI is InChI=1S/C25H22N4O3/c1-17(15-20-5-4-14-32-20)27-24(30)19-10-8-18(9-11-19)16-29-23-21(6-2-12-26-23)28-13-3-7-22(28)25(29)31/h2-14,17H,15-16H2,1H3,(H,27,30)/t17-/m0/s1. The largest absolute Gasteiger partial charge is 0.469 e. The number of amides is 1. The van der Waals surface area contributed by atoms with Crippen LogP contribution in [0.25, 0.3) is 16.7 Å². The fourth-order valence-corrected chi connectivity index (χ4v) is 3.96. The van der Waals surface area contributed by atoms with Gasteiger partial charge in [0.1, 0.15) is 11.3 Å². The van der Waals surface area contributed by atoms with Gasteiger partial charge < -0.3 is 14.1 Å². The zero-order valence-electron chi connectivity index (χ0n) is 17.6. The van der Waals surface area contributed by atoms with Crippen molar-refractivity contribution in [2.45, 2.75) is 25.9 Å². The number of carbonyl (C=O) groups is 1. The summed E-state index contributed by atoms with van der Waals surface area (Å²) in [5, 5.41) is 2.99. The molecule has 0 aliphatic rings. The summed E-state index contributed by atoms with van der Waals surface area (Å²) in [6.45, 7) is 2.31. The van der Waals surface area contributed by atoms with Gasteiger partial charge in [0, 0.05) is 30.4 Å². The van der Waals surface area contributed by atoms with E-state index in [1.165, 1.54) is 0 Å². The predicted octanol–water partition coefficient (Wildman–Crippen LogP) is 3.65. The van der Waals surface area contributed by atoms with Crippen LogP contribution >= 0.6 is 0 Å². The molecule has 0 radical (unpaired) electrons. The van der Waals surface area contributed by atoms with E-state index in [-0.39, 0.29) is 17.5 Å². The van der Waals surface area contributed by atoms with Crippen LogP contribution in [0.5, 0.6) is 0 Å². The highest BCUT2D eigenvalue weighted by atomic mass is 16.3. The van der Waals surface area contributed by atoms with E-state index in [1.807, 2.05) is 66.1 Å². The van der Waals surface area contributed by atoms with E-state index >= 15 is 0 Å². The SMILES string of the molecule is C[C@@H](Cc1ccco1)NC(=O)c1ccc(Cn2c(=O)c3cccn3c3cccnc32)cc1. The number of hydrogen-bond donors (Lipinski definition) is 1. The highest BCUT2D eigenvalue weighted by Gasteiger charge is 2.14. The first kappa shape index (κ1) is 19.8. The monoisotopic (exact) mass is 426 g/mol. The van der Waals surface area contributed by atoms with Gasteiger partial charge in [-0.3, -0.25) is 14.2 Å². The molecule has 4 aromatic heterocycles. The van der Waals surface area contributed by atoms with Crippen LogP contribution in [-0.2, 0) is 13.0 Å². The fourth-order valence-electron chi connectivity index (χ4n) is 3.96. The Balaban J connectivity index is 1.37. The second kappa shape index (κ2) is 8.19. The average molecular weight is 426 g/mol. The Morgan fingerprint density at radius 1 is 1.06 bits per heavy atom. The van der Waals surface area contributed by atoms with Crippen molar-refractivity contribution < 1.29 is 9.21 Å². The number of aromatic nitrogens is 3. The summed E-state index contributed by atoms with van der Waals surface area (Å²) in [6, 6.07) is 18.4. The molecule has 0 bridgehead atoms. The van der Waals surface area contributed by atoms with Gasteiger partial charge in [0.2, 0.25) is 0 Å². The predicted molar refractivity (Wildman–Crippen MR) is 122 cm³/mol. The molecule has 0 aliphatic carbocycles.